The lowest BCUT2D eigenvalue weighted by Gasteiger charge is -2.22. The maximum absolute atomic E-state index is 12.4. The summed E-state index contributed by atoms with van der Waals surface area (Å²) in [6, 6.07) is 5.68. The summed E-state index contributed by atoms with van der Waals surface area (Å²) < 4.78 is 0. The Morgan fingerprint density at radius 1 is 1.29 bits per heavy atom. The van der Waals surface area contributed by atoms with Crippen LogP contribution >= 0.6 is 11.3 Å². The molecule has 3 rings (SSSR count). The molecule has 0 spiro atoms. The SMILES string of the molecule is O=C(CCCc1cccs1)N1CCCN(c2cc(=O)[nH]cn2)CC1. The van der Waals surface area contributed by atoms with Crippen molar-refractivity contribution < 1.29 is 4.79 Å². The molecule has 2 aromatic heterocycles. The molecule has 0 aromatic carbocycles. The summed E-state index contributed by atoms with van der Waals surface area (Å²) >= 11 is 1.75. The van der Waals surface area contributed by atoms with Crippen molar-refractivity contribution in [2.24, 2.45) is 0 Å². The Morgan fingerprint density at radius 3 is 3.00 bits per heavy atom. The maximum atomic E-state index is 12.4. The van der Waals surface area contributed by atoms with Crippen LogP contribution < -0.4 is 10.5 Å². The fraction of sp³-hybridized carbons (Fsp3) is 0.471. The minimum Gasteiger partial charge on any atom is -0.355 e. The van der Waals surface area contributed by atoms with Gasteiger partial charge in [0.1, 0.15) is 5.82 Å². The zero-order valence-corrected chi connectivity index (χ0v) is 14.4. The van der Waals surface area contributed by atoms with Crippen molar-refractivity contribution in [1.29, 1.82) is 0 Å². The zero-order valence-electron chi connectivity index (χ0n) is 13.6. The van der Waals surface area contributed by atoms with Crippen LogP contribution in [-0.2, 0) is 11.2 Å². The second kappa shape index (κ2) is 8.10. The highest BCUT2D eigenvalue weighted by Gasteiger charge is 2.19. The summed E-state index contributed by atoms with van der Waals surface area (Å²) in [5.41, 5.74) is -0.147. The molecule has 0 saturated carbocycles. The van der Waals surface area contributed by atoms with Crippen molar-refractivity contribution in [3.05, 3.63) is 45.1 Å². The van der Waals surface area contributed by atoms with Gasteiger partial charge in [-0.1, -0.05) is 6.07 Å². The van der Waals surface area contributed by atoms with Crippen LogP contribution in [0.15, 0.2) is 34.7 Å². The molecular weight excluding hydrogens is 324 g/mol. The van der Waals surface area contributed by atoms with Gasteiger partial charge in [-0.2, -0.15) is 0 Å². The number of hydrogen-bond donors (Lipinski definition) is 1. The highest BCUT2D eigenvalue weighted by Crippen LogP contribution is 2.14. The van der Waals surface area contributed by atoms with Crippen LogP contribution in [-0.4, -0.2) is 47.0 Å². The number of aryl methyl sites for hydroxylation is 1. The van der Waals surface area contributed by atoms with E-state index < -0.39 is 0 Å². The number of rotatable bonds is 5. The van der Waals surface area contributed by atoms with E-state index in [0.29, 0.717) is 25.3 Å². The zero-order chi connectivity index (χ0) is 16.8. The molecule has 6 nitrogen and oxygen atoms in total. The van der Waals surface area contributed by atoms with E-state index in [1.165, 1.54) is 17.3 Å². The van der Waals surface area contributed by atoms with Gasteiger partial charge in [0.05, 0.1) is 6.33 Å². The van der Waals surface area contributed by atoms with Crippen molar-refractivity contribution in [1.82, 2.24) is 14.9 Å². The topological polar surface area (TPSA) is 69.3 Å². The Bertz CT molecular complexity index is 713. The Balaban J connectivity index is 1.49. The second-order valence-electron chi connectivity index (χ2n) is 5.92. The summed E-state index contributed by atoms with van der Waals surface area (Å²) in [6.07, 6.45) is 4.79. The molecule has 1 amide bonds. The van der Waals surface area contributed by atoms with Crippen LogP contribution in [0, 0.1) is 0 Å². The lowest BCUT2D eigenvalue weighted by molar-refractivity contribution is -0.131. The first-order valence-corrected chi connectivity index (χ1v) is 9.20. The van der Waals surface area contributed by atoms with Crippen LogP contribution in [0.3, 0.4) is 0 Å². The number of aromatic nitrogens is 2. The summed E-state index contributed by atoms with van der Waals surface area (Å²) in [5.74, 6) is 0.915. The van der Waals surface area contributed by atoms with Crippen molar-refractivity contribution >= 4 is 23.1 Å². The van der Waals surface area contributed by atoms with Crippen molar-refractivity contribution in [3.8, 4) is 0 Å². The second-order valence-corrected chi connectivity index (χ2v) is 6.96. The molecule has 0 unspecified atom stereocenters. The monoisotopic (exact) mass is 346 g/mol. The van der Waals surface area contributed by atoms with Crippen LogP contribution in [0.4, 0.5) is 5.82 Å². The van der Waals surface area contributed by atoms with Gasteiger partial charge in [0.25, 0.3) is 5.56 Å². The van der Waals surface area contributed by atoms with Gasteiger partial charge < -0.3 is 14.8 Å². The molecule has 0 atom stereocenters. The third kappa shape index (κ3) is 4.44. The molecule has 128 valence electrons. The number of hydrogen-bond acceptors (Lipinski definition) is 5. The number of aromatic amines is 1. The van der Waals surface area contributed by atoms with E-state index in [4.69, 9.17) is 0 Å². The highest BCUT2D eigenvalue weighted by molar-refractivity contribution is 7.09. The number of nitrogens with one attached hydrogen (secondary N) is 1. The molecule has 24 heavy (non-hydrogen) atoms. The average Bonchev–Trinajstić information content (AvgIpc) is 2.97. The molecule has 1 fully saturated rings. The van der Waals surface area contributed by atoms with Gasteiger partial charge in [0.15, 0.2) is 0 Å². The summed E-state index contributed by atoms with van der Waals surface area (Å²) in [5, 5.41) is 2.07. The Hall–Kier alpha value is -2.15. The van der Waals surface area contributed by atoms with Gasteiger partial charge in [-0.25, -0.2) is 4.98 Å². The number of H-pyrrole nitrogens is 1. The van der Waals surface area contributed by atoms with Gasteiger partial charge in [0.2, 0.25) is 5.91 Å². The number of nitrogens with zero attached hydrogens (tertiary/aromatic N) is 3. The third-order valence-corrected chi connectivity index (χ3v) is 5.17. The maximum Gasteiger partial charge on any atom is 0.252 e. The fourth-order valence-corrected chi connectivity index (χ4v) is 3.71. The molecule has 2 aromatic rings. The molecule has 3 heterocycles. The first kappa shape index (κ1) is 16.7. The molecule has 1 N–H and O–H groups in total. The number of anilines is 1. The van der Waals surface area contributed by atoms with Gasteiger partial charge in [0, 0.05) is 43.5 Å². The van der Waals surface area contributed by atoms with Gasteiger partial charge in [-0.3, -0.25) is 9.59 Å². The molecule has 1 aliphatic heterocycles. The van der Waals surface area contributed by atoms with Crippen LogP contribution in [0.25, 0.3) is 0 Å². The largest absolute Gasteiger partial charge is 0.355 e. The summed E-state index contributed by atoms with van der Waals surface area (Å²) in [4.78, 5) is 36.0. The van der Waals surface area contributed by atoms with Crippen LogP contribution in [0.5, 0.6) is 0 Å². The molecule has 0 aliphatic carbocycles. The Morgan fingerprint density at radius 2 is 2.21 bits per heavy atom. The summed E-state index contributed by atoms with van der Waals surface area (Å²) in [6.45, 7) is 2.99. The number of thiophene rings is 1. The molecular formula is C17H22N4O2S. The highest BCUT2D eigenvalue weighted by atomic mass is 32.1. The Kier molecular flexibility index (Phi) is 5.63. The number of amides is 1. The third-order valence-electron chi connectivity index (χ3n) is 4.23. The molecule has 1 aliphatic rings. The van der Waals surface area contributed by atoms with Gasteiger partial charge >= 0.3 is 0 Å². The average molecular weight is 346 g/mol. The van der Waals surface area contributed by atoms with E-state index in [1.54, 1.807) is 11.3 Å². The van der Waals surface area contributed by atoms with E-state index in [-0.39, 0.29) is 11.5 Å². The van der Waals surface area contributed by atoms with E-state index >= 15 is 0 Å². The quantitative estimate of drug-likeness (QED) is 0.898. The molecule has 1 saturated heterocycles. The van der Waals surface area contributed by atoms with E-state index in [1.807, 2.05) is 11.0 Å². The van der Waals surface area contributed by atoms with Crippen molar-refractivity contribution in [2.45, 2.75) is 25.7 Å². The van der Waals surface area contributed by atoms with E-state index in [2.05, 4.69) is 26.3 Å². The predicted molar refractivity (Wildman–Crippen MR) is 95.5 cm³/mol. The van der Waals surface area contributed by atoms with Crippen molar-refractivity contribution in [3.63, 3.8) is 0 Å². The fourth-order valence-electron chi connectivity index (χ4n) is 2.95. The first-order valence-electron chi connectivity index (χ1n) is 8.32. The lowest BCUT2D eigenvalue weighted by Crippen LogP contribution is -2.35. The normalized spacial score (nSPS) is 15.3. The Labute approximate surface area is 145 Å². The summed E-state index contributed by atoms with van der Waals surface area (Å²) in [7, 11) is 0. The molecule has 0 bridgehead atoms. The lowest BCUT2D eigenvalue weighted by atomic mass is 10.2. The van der Waals surface area contributed by atoms with Crippen LogP contribution in [0.1, 0.15) is 24.1 Å². The number of carbonyl (C=O) groups is 1. The smallest absolute Gasteiger partial charge is 0.252 e. The van der Waals surface area contributed by atoms with E-state index in [9.17, 15) is 9.59 Å². The van der Waals surface area contributed by atoms with Gasteiger partial charge in [-0.05, 0) is 30.7 Å². The predicted octanol–water partition coefficient (Wildman–Crippen LogP) is 1.89. The van der Waals surface area contributed by atoms with E-state index in [0.717, 1.165) is 32.4 Å². The molecule has 7 heteroatoms. The van der Waals surface area contributed by atoms with Gasteiger partial charge in [-0.15, -0.1) is 11.3 Å². The minimum atomic E-state index is -0.147. The first-order chi connectivity index (χ1) is 11.7. The van der Waals surface area contributed by atoms with Crippen LogP contribution in [0.2, 0.25) is 0 Å². The number of carbonyl (C=O) groups excluding carboxylic acids is 1. The standard InChI is InChI=1S/C17H22N4O2S/c22-16-12-15(18-13-19-16)20-7-3-8-21(10-9-20)17(23)6-1-4-14-5-2-11-24-14/h2,5,11-13H,1,3-4,6-10H2,(H,18,19,22). The minimum absolute atomic E-state index is 0.147. The van der Waals surface area contributed by atoms with Crippen molar-refractivity contribution in [2.75, 3.05) is 31.1 Å². The molecule has 0 radical (unpaired) electrons.